The van der Waals surface area contributed by atoms with Gasteiger partial charge in [-0.25, -0.2) is 0 Å². The summed E-state index contributed by atoms with van der Waals surface area (Å²) < 4.78 is 7.54. The molecule has 1 aliphatic carbocycles. The number of carbonyl (C=O) groups is 1. The van der Waals surface area contributed by atoms with Gasteiger partial charge in [0.1, 0.15) is 28.6 Å². The van der Waals surface area contributed by atoms with Crippen LogP contribution in [-0.4, -0.2) is 21.3 Å². The van der Waals surface area contributed by atoms with Gasteiger partial charge in [0.2, 0.25) is 5.88 Å². The van der Waals surface area contributed by atoms with E-state index in [1.54, 1.807) is 18.3 Å². The van der Waals surface area contributed by atoms with Gasteiger partial charge in [0, 0.05) is 12.2 Å². The van der Waals surface area contributed by atoms with Crippen LogP contribution < -0.4 is 15.6 Å². The molecule has 174 valence electrons. The van der Waals surface area contributed by atoms with E-state index in [1.807, 2.05) is 45.0 Å². The number of amides is 1. The molecule has 3 aromatic rings. The molecule has 4 rings (SSSR count). The number of benzene rings is 1. The van der Waals surface area contributed by atoms with Crippen molar-refractivity contribution in [2.24, 2.45) is 0 Å². The molecule has 0 unspecified atom stereocenters. The first-order valence-corrected chi connectivity index (χ1v) is 11.6. The van der Waals surface area contributed by atoms with E-state index in [-0.39, 0.29) is 23.1 Å². The predicted molar refractivity (Wildman–Crippen MR) is 131 cm³/mol. The number of rotatable bonds is 5. The van der Waals surface area contributed by atoms with Crippen LogP contribution in [0.3, 0.4) is 0 Å². The maximum absolute atomic E-state index is 13.5. The topological polar surface area (TPSA) is 96.5 Å². The van der Waals surface area contributed by atoms with Crippen LogP contribution in [0.5, 0.6) is 11.6 Å². The summed E-state index contributed by atoms with van der Waals surface area (Å²) in [6.45, 7) is 5.76. The fourth-order valence-electron chi connectivity index (χ4n) is 4.24. The normalized spacial score (nSPS) is 14.6. The first-order chi connectivity index (χ1) is 16.4. The first-order valence-electron chi connectivity index (χ1n) is 11.6. The van der Waals surface area contributed by atoms with Gasteiger partial charge in [-0.3, -0.25) is 14.0 Å². The zero-order chi connectivity index (χ0) is 24.2. The molecular formula is C27H28N4O3. The second-order valence-electron chi connectivity index (χ2n) is 8.80. The Morgan fingerprint density at radius 3 is 2.62 bits per heavy atom. The number of fused-ring (bicyclic) bond motifs is 1. The number of hydrogen-bond acceptors (Lipinski definition) is 5. The zero-order valence-corrected chi connectivity index (χ0v) is 19.7. The number of aryl methyl sites for hydroxylation is 2. The van der Waals surface area contributed by atoms with Crippen molar-refractivity contribution < 1.29 is 9.53 Å². The Labute approximate surface area is 198 Å². The van der Waals surface area contributed by atoms with Gasteiger partial charge in [0.05, 0.1) is 0 Å². The molecule has 0 spiro atoms. The van der Waals surface area contributed by atoms with Crippen molar-refractivity contribution in [1.82, 2.24) is 14.7 Å². The highest BCUT2D eigenvalue weighted by Gasteiger charge is 2.21. The molecule has 1 N–H and O–H groups in total. The van der Waals surface area contributed by atoms with Crippen LogP contribution in [-0.2, 0) is 4.79 Å². The third-order valence-corrected chi connectivity index (χ3v) is 6.41. The number of nitrogens with zero attached hydrogens (tertiary/aromatic N) is 3. The third-order valence-electron chi connectivity index (χ3n) is 6.41. The number of carbonyl (C=O) groups excluding carboxylic acids is 1. The molecule has 0 bridgehead atoms. The molecule has 1 fully saturated rings. The Kier molecular flexibility index (Phi) is 6.78. The highest BCUT2D eigenvalue weighted by atomic mass is 16.5. The predicted octanol–water partition coefficient (Wildman–Crippen LogP) is 4.77. The average molecular weight is 457 g/mol. The summed E-state index contributed by atoms with van der Waals surface area (Å²) in [5, 5.41) is 12.7. The van der Waals surface area contributed by atoms with Crippen LogP contribution in [0.25, 0.3) is 11.7 Å². The lowest BCUT2D eigenvalue weighted by molar-refractivity contribution is -0.117. The van der Waals surface area contributed by atoms with Gasteiger partial charge < -0.3 is 10.1 Å². The summed E-state index contributed by atoms with van der Waals surface area (Å²) in [6, 6.07) is 11.3. The highest BCUT2D eigenvalue weighted by molar-refractivity contribution is 6.02. The van der Waals surface area contributed by atoms with Crippen molar-refractivity contribution >= 4 is 17.6 Å². The summed E-state index contributed by atoms with van der Waals surface area (Å²) in [6.07, 6.45) is 7.97. The SMILES string of the molecule is Cc1cccc(Oc2nc3c(C)cccn3c(=O)c2C=C(C#N)C(=O)NC2CCCCC2)c1C. The monoisotopic (exact) mass is 456 g/mol. The number of hydrogen-bond donors (Lipinski definition) is 1. The van der Waals surface area contributed by atoms with Gasteiger partial charge in [-0.05, 0) is 68.5 Å². The van der Waals surface area contributed by atoms with Crippen LogP contribution in [0, 0.1) is 32.1 Å². The molecule has 1 amide bonds. The largest absolute Gasteiger partial charge is 0.438 e. The van der Waals surface area contributed by atoms with Crippen LogP contribution in [0.2, 0.25) is 0 Å². The van der Waals surface area contributed by atoms with E-state index in [2.05, 4.69) is 10.3 Å². The van der Waals surface area contributed by atoms with E-state index in [9.17, 15) is 14.9 Å². The quantitative estimate of drug-likeness (QED) is 0.441. The molecule has 0 radical (unpaired) electrons. The molecule has 34 heavy (non-hydrogen) atoms. The van der Waals surface area contributed by atoms with Gasteiger partial charge in [-0.2, -0.15) is 10.2 Å². The molecule has 1 aromatic carbocycles. The molecule has 7 nitrogen and oxygen atoms in total. The Morgan fingerprint density at radius 2 is 1.88 bits per heavy atom. The summed E-state index contributed by atoms with van der Waals surface area (Å²) >= 11 is 0. The first kappa shape index (κ1) is 23.2. The van der Waals surface area contributed by atoms with Gasteiger partial charge in [0.15, 0.2) is 0 Å². The smallest absolute Gasteiger partial charge is 0.269 e. The summed E-state index contributed by atoms with van der Waals surface area (Å²) in [7, 11) is 0. The fourth-order valence-corrected chi connectivity index (χ4v) is 4.24. The van der Waals surface area contributed by atoms with Crippen molar-refractivity contribution in [1.29, 1.82) is 5.26 Å². The van der Waals surface area contributed by atoms with Crippen LogP contribution in [0.1, 0.15) is 54.4 Å². The lowest BCUT2D eigenvalue weighted by Crippen LogP contribution is -2.36. The second kappa shape index (κ2) is 9.92. The van der Waals surface area contributed by atoms with Gasteiger partial charge in [0.25, 0.3) is 11.5 Å². The van der Waals surface area contributed by atoms with Gasteiger partial charge in [-0.1, -0.05) is 37.5 Å². The number of nitrogens with one attached hydrogen (secondary N) is 1. The molecule has 1 aliphatic rings. The standard InChI is InChI=1S/C27H28N4O3/c1-17-9-7-13-23(19(17)3)34-26-22(27(33)31-14-8-10-18(2)24(31)30-26)15-20(16-28)25(32)29-21-11-5-4-6-12-21/h7-10,13-15,21H,4-6,11-12H2,1-3H3,(H,29,32). The second-order valence-corrected chi connectivity index (χ2v) is 8.80. The molecule has 2 aromatic heterocycles. The molecule has 7 heteroatoms. The van der Waals surface area contributed by atoms with Crippen molar-refractivity contribution in [2.45, 2.75) is 58.9 Å². The minimum absolute atomic E-state index is 0.0436. The number of pyridine rings is 1. The maximum Gasteiger partial charge on any atom is 0.269 e. The van der Waals surface area contributed by atoms with Crippen LogP contribution >= 0.6 is 0 Å². The molecule has 1 saturated carbocycles. The van der Waals surface area contributed by atoms with E-state index < -0.39 is 11.5 Å². The van der Waals surface area contributed by atoms with Crippen molar-refractivity contribution in [3.05, 3.63) is 74.7 Å². The lowest BCUT2D eigenvalue weighted by atomic mass is 9.95. The van der Waals surface area contributed by atoms with Crippen molar-refractivity contribution in [2.75, 3.05) is 0 Å². The molecule has 0 saturated heterocycles. The minimum Gasteiger partial charge on any atom is -0.438 e. The van der Waals surface area contributed by atoms with Gasteiger partial charge in [-0.15, -0.1) is 0 Å². The Morgan fingerprint density at radius 1 is 1.15 bits per heavy atom. The maximum atomic E-state index is 13.5. The average Bonchev–Trinajstić information content (AvgIpc) is 2.83. The van der Waals surface area contributed by atoms with E-state index in [0.717, 1.165) is 48.8 Å². The van der Waals surface area contributed by atoms with E-state index >= 15 is 0 Å². The molecule has 0 aliphatic heterocycles. The number of nitriles is 1. The van der Waals surface area contributed by atoms with Crippen LogP contribution in [0.15, 0.2) is 46.9 Å². The number of ether oxygens (including phenoxy) is 1. The van der Waals surface area contributed by atoms with E-state index in [1.165, 1.54) is 10.5 Å². The fraction of sp³-hybridized carbons (Fsp3) is 0.333. The number of aromatic nitrogens is 2. The lowest BCUT2D eigenvalue weighted by Gasteiger charge is -2.22. The molecular weight excluding hydrogens is 428 g/mol. The zero-order valence-electron chi connectivity index (χ0n) is 19.7. The Hall–Kier alpha value is -3.92. The summed E-state index contributed by atoms with van der Waals surface area (Å²) in [5.74, 6) is 0.136. The van der Waals surface area contributed by atoms with Crippen molar-refractivity contribution in [3.8, 4) is 17.7 Å². The molecule has 0 atom stereocenters. The van der Waals surface area contributed by atoms with Crippen LogP contribution in [0.4, 0.5) is 0 Å². The highest BCUT2D eigenvalue weighted by Crippen LogP contribution is 2.29. The van der Waals surface area contributed by atoms with Gasteiger partial charge >= 0.3 is 0 Å². The van der Waals surface area contributed by atoms with Crippen molar-refractivity contribution in [3.63, 3.8) is 0 Å². The van der Waals surface area contributed by atoms with E-state index in [4.69, 9.17) is 4.74 Å². The molecule has 2 heterocycles. The summed E-state index contributed by atoms with van der Waals surface area (Å²) in [4.78, 5) is 31.0. The van der Waals surface area contributed by atoms with E-state index in [0.29, 0.717) is 11.4 Å². The third kappa shape index (κ3) is 4.72. The Bertz CT molecular complexity index is 1380. The Balaban J connectivity index is 1.82. The summed E-state index contributed by atoms with van der Waals surface area (Å²) in [5.41, 5.74) is 2.70. The minimum atomic E-state index is -0.485.